The Balaban J connectivity index is 1.48. The Morgan fingerprint density at radius 2 is 1.72 bits per heavy atom. The molecule has 1 aliphatic heterocycles. The fraction of sp³-hybridized carbons (Fsp3) is 0.458. The minimum Gasteiger partial charge on any atom is -0.382 e. The first-order valence-electron chi connectivity index (χ1n) is 10.7. The van der Waals surface area contributed by atoms with E-state index in [0.29, 0.717) is 12.6 Å². The van der Waals surface area contributed by atoms with Crippen LogP contribution >= 0.6 is 0 Å². The lowest BCUT2D eigenvalue weighted by molar-refractivity contribution is 0.179. The third-order valence-corrected chi connectivity index (χ3v) is 5.77. The second kappa shape index (κ2) is 10.3. The van der Waals surface area contributed by atoms with E-state index in [2.05, 4.69) is 73.0 Å². The van der Waals surface area contributed by atoms with Crippen LogP contribution in [0.25, 0.3) is 0 Å². The molecule has 1 aliphatic rings. The van der Waals surface area contributed by atoms with Crippen molar-refractivity contribution in [1.82, 2.24) is 15.1 Å². The average molecular weight is 395 g/mol. The van der Waals surface area contributed by atoms with Gasteiger partial charge in [-0.05, 0) is 56.6 Å². The van der Waals surface area contributed by atoms with Gasteiger partial charge in [-0.3, -0.25) is 0 Å². The first-order chi connectivity index (χ1) is 14.1. The van der Waals surface area contributed by atoms with Gasteiger partial charge in [-0.25, -0.2) is 4.79 Å². The van der Waals surface area contributed by atoms with E-state index in [-0.39, 0.29) is 12.1 Å². The summed E-state index contributed by atoms with van der Waals surface area (Å²) in [5.41, 5.74) is 3.72. The number of carbonyl (C=O) groups excluding carboxylic acids is 1. The predicted molar refractivity (Wildman–Crippen MR) is 120 cm³/mol. The summed E-state index contributed by atoms with van der Waals surface area (Å²) in [7, 11) is 4.12. The van der Waals surface area contributed by atoms with E-state index >= 15 is 0 Å². The zero-order valence-electron chi connectivity index (χ0n) is 17.9. The summed E-state index contributed by atoms with van der Waals surface area (Å²) in [4.78, 5) is 16.8. The Bertz CT molecular complexity index is 752. The fourth-order valence-corrected chi connectivity index (χ4v) is 3.87. The number of urea groups is 1. The first kappa shape index (κ1) is 21.2. The Labute approximate surface area is 175 Å². The van der Waals surface area contributed by atoms with Crippen LogP contribution in [0, 0.1) is 0 Å². The van der Waals surface area contributed by atoms with Gasteiger partial charge in [0, 0.05) is 31.4 Å². The zero-order chi connectivity index (χ0) is 20.6. The van der Waals surface area contributed by atoms with Crippen molar-refractivity contribution in [2.75, 3.05) is 39.0 Å². The summed E-state index contributed by atoms with van der Waals surface area (Å²) in [6.07, 6.45) is 2.98. The second-order valence-electron chi connectivity index (χ2n) is 8.03. The Hall–Kier alpha value is -2.53. The van der Waals surface area contributed by atoms with Crippen molar-refractivity contribution < 1.29 is 4.79 Å². The molecule has 0 aromatic heterocycles. The van der Waals surface area contributed by atoms with E-state index in [1.807, 2.05) is 23.1 Å². The maximum atomic E-state index is 12.7. The molecule has 1 unspecified atom stereocenters. The highest BCUT2D eigenvalue weighted by molar-refractivity contribution is 5.74. The van der Waals surface area contributed by atoms with E-state index in [1.165, 1.54) is 11.1 Å². The second-order valence-corrected chi connectivity index (χ2v) is 8.03. The summed E-state index contributed by atoms with van der Waals surface area (Å²) in [6.45, 7) is 4.35. The van der Waals surface area contributed by atoms with Gasteiger partial charge in [0.15, 0.2) is 0 Å². The summed E-state index contributed by atoms with van der Waals surface area (Å²) >= 11 is 0. The Morgan fingerprint density at radius 3 is 2.31 bits per heavy atom. The molecule has 0 aliphatic carbocycles. The van der Waals surface area contributed by atoms with Crippen LogP contribution in [0.5, 0.6) is 0 Å². The van der Waals surface area contributed by atoms with Gasteiger partial charge in [0.05, 0.1) is 6.04 Å². The number of anilines is 1. The highest BCUT2D eigenvalue weighted by Gasteiger charge is 2.23. The summed E-state index contributed by atoms with van der Waals surface area (Å²) < 4.78 is 0. The number of hydrogen-bond acceptors (Lipinski definition) is 3. The van der Waals surface area contributed by atoms with Gasteiger partial charge in [0.1, 0.15) is 0 Å². The molecule has 5 heteroatoms. The molecule has 2 N–H and O–H groups in total. The third kappa shape index (κ3) is 5.97. The molecule has 2 amide bonds. The number of hydrogen-bond donors (Lipinski definition) is 2. The molecule has 2 aromatic rings. The zero-order valence-corrected chi connectivity index (χ0v) is 17.9. The van der Waals surface area contributed by atoms with Gasteiger partial charge in [0.2, 0.25) is 0 Å². The number of rotatable bonds is 7. The quantitative estimate of drug-likeness (QED) is 0.742. The van der Waals surface area contributed by atoms with E-state index in [0.717, 1.165) is 38.0 Å². The van der Waals surface area contributed by atoms with Crippen LogP contribution in [0.3, 0.4) is 0 Å². The summed E-state index contributed by atoms with van der Waals surface area (Å²) in [6, 6.07) is 19.6. The van der Waals surface area contributed by atoms with Gasteiger partial charge in [-0.2, -0.15) is 0 Å². The van der Waals surface area contributed by atoms with Crippen LogP contribution in [0.4, 0.5) is 10.5 Å². The Morgan fingerprint density at radius 1 is 1.07 bits per heavy atom. The highest BCUT2D eigenvalue weighted by Crippen LogP contribution is 2.19. The minimum absolute atomic E-state index is 0.0418. The standard InChI is InChI=1S/C24H34N4O/c1-4-19-10-12-20(13-11-19)23(27(2)3)18-25-24(29)28-16-14-22(15-17-28)26-21-8-6-5-7-9-21/h5-13,22-23,26H,4,14-18H2,1-3H3,(H,25,29). The molecule has 0 spiro atoms. The van der Waals surface area contributed by atoms with E-state index in [9.17, 15) is 4.79 Å². The van der Waals surface area contributed by atoms with Gasteiger partial charge in [0.25, 0.3) is 0 Å². The largest absolute Gasteiger partial charge is 0.382 e. The number of aryl methyl sites for hydroxylation is 1. The molecule has 1 fully saturated rings. The van der Waals surface area contributed by atoms with Crippen molar-refractivity contribution in [1.29, 1.82) is 0 Å². The van der Waals surface area contributed by atoms with Crippen molar-refractivity contribution in [3.8, 4) is 0 Å². The number of nitrogens with one attached hydrogen (secondary N) is 2. The molecule has 0 radical (unpaired) electrons. The smallest absolute Gasteiger partial charge is 0.317 e. The van der Waals surface area contributed by atoms with Crippen LogP contribution < -0.4 is 10.6 Å². The lowest BCUT2D eigenvalue weighted by Gasteiger charge is -2.34. The molecule has 5 nitrogen and oxygen atoms in total. The topological polar surface area (TPSA) is 47.6 Å². The molecule has 0 saturated carbocycles. The molecule has 0 bridgehead atoms. The number of nitrogens with zero attached hydrogens (tertiary/aromatic N) is 2. The van der Waals surface area contributed by atoms with Crippen molar-refractivity contribution >= 4 is 11.7 Å². The number of benzene rings is 2. The monoisotopic (exact) mass is 394 g/mol. The summed E-state index contributed by atoms with van der Waals surface area (Å²) in [5, 5.41) is 6.72. The van der Waals surface area contributed by atoms with Crippen LogP contribution in [0.2, 0.25) is 0 Å². The third-order valence-electron chi connectivity index (χ3n) is 5.77. The van der Waals surface area contributed by atoms with Crippen LogP contribution in [0.15, 0.2) is 54.6 Å². The average Bonchev–Trinajstić information content (AvgIpc) is 2.75. The van der Waals surface area contributed by atoms with Crippen LogP contribution in [0.1, 0.15) is 36.9 Å². The van der Waals surface area contributed by atoms with Gasteiger partial charge >= 0.3 is 6.03 Å². The molecule has 3 rings (SSSR count). The first-order valence-corrected chi connectivity index (χ1v) is 10.7. The molecule has 1 atom stereocenters. The minimum atomic E-state index is 0.0418. The molecular formula is C24H34N4O. The van der Waals surface area contributed by atoms with Gasteiger partial charge in [-0.15, -0.1) is 0 Å². The number of piperidine rings is 1. The fourth-order valence-electron chi connectivity index (χ4n) is 3.87. The lowest BCUT2D eigenvalue weighted by atomic mass is 10.0. The van der Waals surface area contributed by atoms with E-state index in [1.54, 1.807) is 0 Å². The van der Waals surface area contributed by atoms with Crippen molar-refractivity contribution in [3.63, 3.8) is 0 Å². The van der Waals surface area contributed by atoms with Crippen molar-refractivity contribution in [2.24, 2.45) is 0 Å². The maximum Gasteiger partial charge on any atom is 0.317 e. The molecule has 2 aromatic carbocycles. The number of likely N-dealkylation sites (N-methyl/N-ethyl adjacent to an activating group) is 1. The number of likely N-dealkylation sites (tertiary alicyclic amines) is 1. The lowest BCUT2D eigenvalue weighted by Crippen LogP contribution is -2.48. The van der Waals surface area contributed by atoms with Gasteiger partial charge in [-0.1, -0.05) is 49.4 Å². The number of carbonyl (C=O) groups is 1. The van der Waals surface area contributed by atoms with Gasteiger partial charge < -0.3 is 20.4 Å². The predicted octanol–water partition coefficient (Wildman–Crippen LogP) is 4.14. The summed E-state index contributed by atoms with van der Waals surface area (Å²) in [5.74, 6) is 0. The number of para-hydroxylation sites is 1. The molecule has 156 valence electrons. The van der Waals surface area contributed by atoms with E-state index < -0.39 is 0 Å². The molecule has 29 heavy (non-hydrogen) atoms. The van der Waals surface area contributed by atoms with Crippen LogP contribution in [-0.2, 0) is 6.42 Å². The molecular weight excluding hydrogens is 360 g/mol. The molecule has 1 saturated heterocycles. The normalized spacial score (nSPS) is 15.9. The van der Waals surface area contributed by atoms with E-state index in [4.69, 9.17) is 0 Å². The maximum absolute atomic E-state index is 12.7. The number of amides is 2. The Kier molecular flexibility index (Phi) is 7.53. The highest BCUT2D eigenvalue weighted by atomic mass is 16.2. The SMILES string of the molecule is CCc1ccc(C(CNC(=O)N2CCC(Nc3ccccc3)CC2)N(C)C)cc1. The van der Waals surface area contributed by atoms with Crippen LogP contribution in [-0.4, -0.2) is 55.6 Å². The van der Waals surface area contributed by atoms with Crippen molar-refractivity contribution in [3.05, 3.63) is 65.7 Å². The molecule has 1 heterocycles. The van der Waals surface area contributed by atoms with Crippen molar-refractivity contribution in [2.45, 2.75) is 38.3 Å².